The number of hydrogen-bond donors (Lipinski definition) is 0. The van der Waals surface area contributed by atoms with E-state index < -0.39 is 14.6 Å². The van der Waals surface area contributed by atoms with Crippen LogP contribution in [0.5, 0.6) is 0 Å². The van der Waals surface area contributed by atoms with E-state index in [2.05, 4.69) is 51.9 Å². The van der Waals surface area contributed by atoms with E-state index in [-0.39, 0.29) is 5.41 Å². The summed E-state index contributed by atoms with van der Waals surface area (Å²) >= 11 is 0. The maximum absolute atomic E-state index is 6.24. The standard InChI is InChI=1S/C15H22OSi/c1-7-15(14(2,3)4,16-17(5)6)13-11-9-8-10-12-13/h1,8-12,17H,2-6H3. The summed E-state index contributed by atoms with van der Waals surface area (Å²) in [5, 5.41) is 0. The summed E-state index contributed by atoms with van der Waals surface area (Å²) < 4.78 is 6.24. The summed E-state index contributed by atoms with van der Waals surface area (Å²) in [4.78, 5) is 0. The molecule has 2 heteroatoms. The average Bonchev–Trinajstić information content (AvgIpc) is 2.25. The fraction of sp³-hybridized carbons (Fsp3) is 0.467. The predicted molar refractivity (Wildman–Crippen MR) is 76.4 cm³/mol. The van der Waals surface area contributed by atoms with Crippen molar-refractivity contribution in [3.05, 3.63) is 35.9 Å². The maximum Gasteiger partial charge on any atom is 0.173 e. The third-order valence-electron chi connectivity index (χ3n) is 2.85. The van der Waals surface area contributed by atoms with E-state index >= 15 is 0 Å². The first kappa shape index (κ1) is 14.0. The van der Waals surface area contributed by atoms with Gasteiger partial charge in [-0.15, -0.1) is 6.42 Å². The van der Waals surface area contributed by atoms with Crippen LogP contribution >= 0.6 is 0 Å². The molecule has 0 fully saturated rings. The fourth-order valence-corrected chi connectivity index (χ4v) is 3.30. The molecule has 0 spiro atoms. The van der Waals surface area contributed by atoms with Crippen LogP contribution in [0, 0.1) is 17.8 Å². The summed E-state index contributed by atoms with van der Waals surface area (Å²) in [6, 6.07) is 10.1. The highest BCUT2D eigenvalue weighted by Crippen LogP contribution is 2.42. The maximum atomic E-state index is 6.24. The molecule has 92 valence electrons. The van der Waals surface area contributed by atoms with Crippen LogP contribution in [0.3, 0.4) is 0 Å². The van der Waals surface area contributed by atoms with Gasteiger partial charge >= 0.3 is 0 Å². The van der Waals surface area contributed by atoms with Crippen molar-refractivity contribution < 1.29 is 4.43 Å². The third-order valence-corrected chi connectivity index (χ3v) is 3.68. The molecule has 0 aliphatic heterocycles. The van der Waals surface area contributed by atoms with Gasteiger partial charge in [0.05, 0.1) is 0 Å². The topological polar surface area (TPSA) is 9.23 Å². The molecule has 0 aliphatic rings. The summed E-state index contributed by atoms with van der Waals surface area (Å²) in [6.07, 6.45) is 5.82. The van der Waals surface area contributed by atoms with Crippen molar-refractivity contribution in [1.82, 2.24) is 0 Å². The van der Waals surface area contributed by atoms with Gasteiger partial charge < -0.3 is 4.43 Å². The molecule has 0 heterocycles. The average molecular weight is 246 g/mol. The second-order valence-corrected chi connectivity index (χ2v) is 7.94. The molecule has 0 N–H and O–H groups in total. The van der Waals surface area contributed by atoms with Crippen molar-refractivity contribution in [2.45, 2.75) is 39.5 Å². The van der Waals surface area contributed by atoms with Gasteiger partial charge in [0, 0.05) is 5.41 Å². The lowest BCUT2D eigenvalue weighted by atomic mass is 9.73. The quantitative estimate of drug-likeness (QED) is 0.585. The highest BCUT2D eigenvalue weighted by atomic mass is 28.3. The Kier molecular flexibility index (Phi) is 4.19. The molecule has 1 atom stereocenters. The zero-order valence-electron chi connectivity index (χ0n) is 11.4. The van der Waals surface area contributed by atoms with Crippen LogP contribution in [0.15, 0.2) is 30.3 Å². The normalized spacial score (nSPS) is 15.4. The highest BCUT2D eigenvalue weighted by molar-refractivity contribution is 6.48. The van der Waals surface area contributed by atoms with Crippen LogP contribution in [0.1, 0.15) is 26.3 Å². The van der Waals surface area contributed by atoms with Gasteiger partial charge in [0.2, 0.25) is 0 Å². The lowest BCUT2D eigenvalue weighted by molar-refractivity contribution is 0.0150. The second-order valence-electron chi connectivity index (χ2n) is 5.61. The molecule has 0 saturated carbocycles. The predicted octanol–water partition coefficient (Wildman–Crippen LogP) is 3.56. The van der Waals surface area contributed by atoms with E-state index in [0.717, 1.165) is 5.56 Å². The molecular weight excluding hydrogens is 224 g/mol. The Morgan fingerprint density at radius 3 is 2.00 bits per heavy atom. The van der Waals surface area contributed by atoms with Gasteiger partial charge in [-0.05, 0) is 18.7 Å². The Labute approximate surface area is 107 Å². The largest absolute Gasteiger partial charge is 0.401 e. The Hall–Kier alpha value is -1.04. The molecular formula is C15H22OSi. The van der Waals surface area contributed by atoms with Crippen molar-refractivity contribution in [1.29, 1.82) is 0 Å². The Morgan fingerprint density at radius 1 is 1.12 bits per heavy atom. The molecule has 1 unspecified atom stereocenters. The van der Waals surface area contributed by atoms with Crippen LogP contribution in [0.4, 0.5) is 0 Å². The second kappa shape index (κ2) is 5.08. The summed E-state index contributed by atoms with van der Waals surface area (Å²) in [5.41, 5.74) is 0.339. The van der Waals surface area contributed by atoms with Gasteiger partial charge in [-0.1, -0.05) is 57.0 Å². The van der Waals surface area contributed by atoms with E-state index in [4.69, 9.17) is 10.8 Å². The first-order valence-corrected chi connectivity index (χ1v) is 8.82. The number of benzene rings is 1. The van der Waals surface area contributed by atoms with Crippen LogP contribution in [0.25, 0.3) is 0 Å². The molecule has 1 aromatic rings. The minimum Gasteiger partial charge on any atom is -0.401 e. The minimum absolute atomic E-state index is 0.125. The SMILES string of the molecule is C#CC(O[SiH](C)C)(c1ccccc1)C(C)(C)C. The molecule has 0 aromatic heterocycles. The third kappa shape index (κ3) is 2.80. The van der Waals surface area contributed by atoms with Crippen LogP contribution < -0.4 is 0 Å². The summed E-state index contributed by atoms with van der Waals surface area (Å²) in [6.45, 7) is 10.7. The van der Waals surface area contributed by atoms with Crippen molar-refractivity contribution in [2.24, 2.45) is 5.41 Å². The molecule has 0 radical (unpaired) electrons. The van der Waals surface area contributed by atoms with Gasteiger partial charge in [-0.25, -0.2) is 0 Å². The van der Waals surface area contributed by atoms with Crippen LogP contribution in [0.2, 0.25) is 13.1 Å². The van der Waals surface area contributed by atoms with Crippen molar-refractivity contribution in [3.63, 3.8) is 0 Å². The van der Waals surface area contributed by atoms with Gasteiger partial charge in [-0.2, -0.15) is 0 Å². The van der Waals surface area contributed by atoms with E-state index in [1.165, 1.54) is 0 Å². The lowest BCUT2D eigenvalue weighted by Gasteiger charge is -2.42. The van der Waals surface area contributed by atoms with Crippen LogP contribution in [-0.2, 0) is 10.0 Å². The van der Waals surface area contributed by atoms with E-state index in [1.807, 2.05) is 18.2 Å². The first-order valence-electron chi connectivity index (χ1n) is 6.04. The molecule has 1 rings (SSSR count). The Bertz CT molecular complexity index is 397. The van der Waals surface area contributed by atoms with Crippen molar-refractivity contribution >= 4 is 9.04 Å². The number of rotatable bonds is 3. The number of hydrogen-bond acceptors (Lipinski definition) is 1. The Morgan fingerprint density at radius 2 is 1.65 bits per heavy atom. The molecule has 1 aromatic carbocycles. The van der Waals surface area contributed by atoms with Gasteiger partial charge in [0.25, 0.3) is 0 Å². The van der Waals surface area contributed by atoms with E-state index in [1.54, 1.807) is 0 Å². The molecule has 0 amide bonds. The molecule has 0 aliphatic carbocycles. The zero-order valence-corrected chi connectivity index (χ0v) is 12.6. The number of terminal acetylenes is 1. The highest BCUT2D eigenvalue weighted by Gasteiger charge is 2.43. The van der Waals surface area contributed by atoms with Gasteiger partial charge in [-0.3, -0.25) is 0 Å². The fourth-order valence-electron chi connectivity index (χ4n) is 2.04. The van der Waals surface area contributed by atoms with Gasteiger partial charge in [0.1, 0.15) is 5.60 Å². The molecule has 0 bridgehead atoms. The Balaban J connectivity index is 3.33. The van der Waals surface area contributed by atoms with Crippen LogP contribution in [-0.4, -0.2) is 9.04 Å². The monoisotopic (exact) mass is 246 g/mol. The first-order chi connectivity index (χ1) is 7.83. The summed E-state index contributed by atoms with van der Waals surface area (Å²) in [5.74, 6) is 2.92. The molecule has 0 saturated heterocycles. The summed E-state index contributed by atoms with van der Waals surface area (Å²) in [7, 11) is -1.23. The van der Waals surface area contributed by atoms with Crippen molar-refractivity contribution in [3.8, 4) is 12.3 Å². The van der Waals surface area contributed by atoms with Crippen molar-refractivity contribution in [2.75, 3.05) is 0 Å². The van der Waals surface area contributed by atoms with E-state index in [0.29, 0.717) is 0 Å². The lowest BCUT2D eigenvalue weighted by Crippen LogP contribution is -2.44. The van der Waals surface area contributed by atoms with Gasteiger partial charge in [0.15, 0.2) is 9.04 Å². The zero-order chi connectivity index (χ0) is 13.1. The molecule has 1 nitrogen and oxygen atoms in total. The van der Waals surface area contributed by atoms with E-state index in [9.17, 15) is 0 Å². The minimum atomic E-state index is -1.23. The smallest absolute Gasteiger partial charge is 0.173 e. The molecule has 17 heavy (non-hydrogen) atoms.